The molecule has 26 heavy (non-hydrogen) atoms. The van der Waals surface area contributed by atoms with E-state index < -0.39 is 15.9 Å². The summed E-state index contributed by atoms with van der Waals surface area (Å²) in [6.07, 6.45) is 1.80. The molecule has 0 aliphatic carbocycles. The van der Waals surface area contributed by atoms with Crippen molar-refractivity contribution in [1.82, 2.24) is 4.57 Å². The maximum absolute atomic E-state index is 12.4. The lowest BCUT2D eigenvalue weighted by molar-refractivity contribution is 0.0998. The molecule has 0 unspecified atom stereocenters. The number of halogens is 1. The number of hydrogen-bond acceptors (Lipinski definition) is 4. The summed E-state index contributed by atoms with van der Waals surface area (Å²) in [5, 5.41) is 2.34. The number of nitrogens with one attached hydrogen (secondary N) is 1. The summed E-state index contributed by atoms with van der Waals surface area (Å²) in [4.78, 5) is 16.8. The SMILES string of the molecule is Cn1ccsc1=NC(=O)c1ccc(S(=O)(=O)Nc2ccc(Cl)cc2)cc1. The van der Waals surface area contributed by atoms with E-state index in [0.29, 0.717) is 21.1 Å². The number of carbonyl (C=O) groups excluding carboxylic acids is 1. The van der Waals surface area contributed by atoms with Crippen LogP contribution in [0.25, 0.3) is 0 Å². The summed E-state index contributed by atoms with van der Waals surface area (Å²) in [6, 6.07) is 11.9. The Labute approximate surface area is 159 Å². The molecule has 134 valence electrons. The highest BCUT2D eigenvalue weighted by atomic mass is 35.5. The normalized spacial score (nSPS) is 12.2. The molecule has 9 heteroatoms. The van der Waals surface area contributed by atoms with Crippen molar-refractivity contribution in [3.63, 3.8) is 0 Å². The van der Waals surface area contributed by atoms with Gasteiger partial charge in [-0.15, -0.1) is 11.3 Å². The maximum atomic E-state index is 12.4. The van der Waals surface area contributed by atoms with Crippen LogP contribution >= 0.6 is 22.9 Å². The monoisotopic (exact) mass is 407 g/mol. The number of rotatable bonds is 4. The number of thiazole rings is 1. The van der Waals surface area contributed by atoms with Gasteiger partial charge in [0.1, 0.15) is 0 Å². The lowest BCUT2D eigenvalue weighted by Gasteiger charge is -2.08. The first-order valence-electron chi connectivity index (χ1n) is 7.43. The van der Waals surface area contributed by atoms with Crippen LogP contribution in [0.15, 0.2) is 70.0 Å². The average molecular weight is 408 g/mol. The van der Waals surface area contributed by atoms with Crippen molar-refractivity contribution in [3.8, 4) is 0 Å². The molecule has 1 aromatic heterocycles. The van der Waals surface area contributed by atoms with E-state index in [1.165, 1.54) is 35.6 Å². The highest BCUT2D eigenvalue weighted by molar-refractivity contribution is 7.92. The smallest absolute Gasteiger partial charge is 0.279 e. The zero-order valence-electron chi connectivity index (χ0n) is 13.6. The minimum absolute atomic E-state index is 0.0469. The maximum Gasteiger partial charge on any atom is 0.279 e. The van der Waals surface area contributed by atoms with Crippen LogP contribution in [0.1, 0.15) is 10.4 Å². The summed E-state index contributed by atoms with van der Waals surface area (Å²) >= 11 is 7.13. The molecule has 1 heterocycles. The number of carbonyl (C=O) groups is 1. The largest absolute Gasteiger partial charge is 0.327 e. The lowest BCUT2D eigenvalue weighted by atomic mass is 10.2. The first-order valence-corrected chi connectivity index (χ1v) is 10.2. The summed E-state index contributed by atoms with van der Waals surface area (Å²) in [5.41, 5.74) is 0.707. The van der Waals surface area contributed by atoms with Gasteiger partial charge >= 0.3 is 0 Å². The minimum Gasteiger partial charge on any atom is -0.327 e. The molecule has 1 amide bonds. The lowest BCUT2D eigenvalue weighted by Crippen LogP contribution is -2.14. The Morgan fingerprint density at radius 2 is 1.77 bits per heavy atom. The molecule has 3 aromatic rings. The van der Waals surface area contributed by atoms with Crippen LogP contribution in [-0.2, 0) is 17.1 Å². The van der Waals surface area contributed by atoms with Gasteiger partial charge in [-0.2, -0.15) is 4.99 Å². The zero-order chi connectivity index (χ0) is 18.7. The topological polar surface area (TPSA) is 80.5 Å². The van der Waals surface area contributed by atoms with Gasteiger partial charge in [-0.3, -0.25) is 9.52 Å². The second-order valence-corrected chi connectivity index (χ2v) is 8.34. The summed E-state index contributed by atoms with van der Waals surface area (Å²) in [6.45, 7) is 0. The second kappa shape index (κ2) is 7.45. The number of hydrogen-bond donors (Lipinski definition) is 1. The van der Waals surface area contributed by atoms with E-state index in [2.05, 4.69) is 9.71 Å². The second-order valence-electron chi connectivity index (χ2n) is 5.35. The zero-order valence-corrected chi connectivity index (χ0v) is 16.0. The molecule has 0 fully saturated rings. The number of aromatic nitrogens is 1. The van der Waals surface area contributed by atoms with Crippen molar-refractivity contribution in [1.29, 1.82) is 0 Å². The Balaban J connectivity index is 1.81. The van der Waals surface area contributed by atoms with Crippen molar-refractivity contribution >= 4 is 44.6 Å². The predicted octanol–water partition coefficient (Wildman–Crippen LogP) is 3.28. The number of amides is 1. The van der Waals surface area contributed by atoms with Crippen molar-refractivity contribution in [3.05, 3.63) is 75.5 Å². The molecule has 0 saturated heterocycles. The van der Waals surface area contributed by atoms with E-state index in [0.717, 1.165) is 0 Å². The van der Waals surface area contributed by atoms with Gasteiger partial charge in [0.05, 0.1) is 4.90 Å². The van der Waals surface area contributed by atoms with E-state index in [4.69, 9.17) is 11.6 Å². The number of sulfonamides is 1. The molecule has 2 aromatic carbocycles. The van der Waals surface area contributed by atoms with E-state index >= 15 is 0 Å². The van der Waals surface area contributed by atoms with Gasteiger partial charge in [-0.25, -0.2) is 8.42 Å². The summed E-state index contributed by atoms with van der Waals surface area (Å²) < 4.78 is 29.0. The molecule has 0 saturated carbocycles. The van der Waals surface area contributed by atoms with Gasteiger partial charge < -0.3 is 4.57 Å². The Morgan fingerprint density at radius 3 is 2.35 bits per heavy atom. The molecule has 6 nitrogen and oxygen atoms in total. The molecule has 0 aliphatic rings. The fourth-order valence-electron chi connectivity index (χ4n) is 2.09. The van der Waals surface area contributed by atoms with Crippen LogP contribution in [-0.4, -0.2) is 18.9 Å². The molecule has 0 radical (unpaired) electrons. The highest BCUT2D eigenvalue weighted by Crippen LogP contribution is 2.19. The third-order valence-corrected chi connectivity index (χ3v) is 5.96. The highest BCUT2D eigenvalue weighted by Gasteiger charge is 2.15. The molecule has 0 atom stereocenters. The van der Waals surface area contributed by atoms with Crippen LogP contribution in [0.2, 0.25) is 5.02 Å². The van der Waals surface area contributed by atoms with Gasteiger partial charge in [-0.1, -0.05) is 11.6 Å². The Hall–Kier alpha value is -2.42. The van der Waals surface area contributed by atoms with Crippen LogP contribution in [0, 0.1) is 0 Å². The van der Waals surface area contributed by atoms with Crippen LogP contribution in [0.4, 0.5) is 5.69 Å². The quantitative estimate of drug-likeness (QED) is 0.720. The number of anilines is 1. The van der Waals surface area contributed by atoms with Crippen molar-refractivity contribution in [2.24, 2.45) is 12.0 Å². The first-order chi connectivity index (χ1) is 12.3. The third kappa shape index (κ3) is 4.21. The van der Waals surface area contributed by atoms with E-state index in [9.17, 15) is 13.2 Å². The summed E-state index contributed by atoms with van der Waals surface area (Å²) in [7, 11) is -1.97. The number of nitrogens with zero attached hydrogens (tertiary/aromatic N) is 2. The average Bonchev–Trinajstić information content (AvgIpc) is 3.02. The first kappa shape index (κ1) is 18.4. The van der Waals surface area contributed by atoms with Crippen LogP contribution in [0.5, 0.6) is 0 Å². The van der Waals surface area contributed by atoms with Gasteiger partial charge in [0.15, 0.2) is 4.80 Å². The Kier molecular flexibility index (Phi) is 5.26. The van der Waals surface area contributed by atoms with Crippen LogP contribution in [0.3, 0.4) is 0 Å². The predicted molar refractivity (Wildman–Crippen MR) is 102 cm³/mol. The summed E-state index contributed by atoms with van der Waals surface area (Å²) in [5.74, 6) is -0.433. The van der Waals surface area contributed by atoms with Gasteiger partial charge in [0.2, 0.25) is 0 Å². The minimum atomic E-state index is -3.76. The Morgan fingerprint density at radius 1 is 1.12 bits per heavy atom. The third-order valence-electron chi connectivity index (χ3n) is 3.46. The molecule has 1 N–H and O–H groups in total. The van der Waals surface area contributed by atoms with Crippen molar-refractivity contribution < 1.29 is 13.2 Å². The molecule has 0 aliphatic heterocycles. The molecule has 3 rings (SSSR count). The molecular formula is C17H14ClN3O3S2. The standard InChI is InChI=1S/C17H14ClN3O3S2/c1-21-10-11-25-17(21)19-16(22)12-2-8-15(9-3-12)26(23,24)20-14-6-4-13(18)5-7-14/h2-11,20H,1H3. The molecule has 0 spiro atoms. The van der Waals surface area contributed by atoms with E-state index in [1.807, 2.05) is 5.38 Å². The van der Waals surface area contributed by atoms with Crippen LogP contribution < -0.4 is 9.52 Å². The number of benzene rings is 2. The molecular weight excluding hydrogens is 394 g/mol. The van der Waals surface area contributed by atoms with Gasteiger partial charge in [-0.05, 0) is 48.5 Å². The van der Waals surface area contributed by atoms with Crippen molar-refractivity contribution in [2.45, 2.75) is 4.90 Å². The van der Waals surface area contributed by atoms with E-state index in [1.54, 1.807) is 42.1 Å². The fraction of sp³-hybridized carbons (Fsp3) is 0.0588. The van der Waals surface area contributed by atoms with Gasteiger partial charge in [0.25, 0.3) is 15.9 Å². The Bertz CT molecular complexity index is 1100. The number of aryl methyl sites for hydroxylation is 1. The van der Waals surface area contributed by atoms with E-state index in [-0.39, 0.29) is 4.90 Å². The fourth-order valence-corrected chi connectivity index (χ4v) is 4.01. The van der Waals surface area contributed by atoms with Gasteiger partial charge in [0, 0.05) is 34.9 Å². The molecule has 0 bridgehead atoms. The van der Waals surface area contributed by atoms with Crippen molar-refractivity contribution in [2.75, 3.05) is 4.72 Å².